The minimum Gasteiger partial charge on any atom is -0.297 e. The molecule has 0 radical (unpaired) electrons. The first-order chi connectivity index (χ1) is 7.19. The molecule has 2 aromatic heterocycles. The predicted octanol–water partition coefficient (Wildman–Crippen LogP) is 2.19. The summed E-state index contributed by atoms with van der Waals surface area (Å²) in [6, 6.07) is 0. The molecule has 15 heavy (non-hydrogen) atoms. The van der Waals surface area contributed by atoms with Crippen LogP contribution in [-0.4, -0.2) is 26.5 Å². The molecule has 0 saturated heterocycles. The van der Waals surface area contributed by atoms with Gasteiger partial charge in [0.15, 0.2) is 15.8 Å². The molecule has 8 heteroatoms. The minimum absolute atomic E-state index is 0.227. The number of aromatic amines is 1. The van der Waals surface area contributed by atoms with Crippen molar-refractivity contribution >= 4 is 41.0 Å². The van der Waals surface area contributed by atoms with E-state index in [4.69, 9.17) is 11.6 Å². The van der Waals surface area contributed by atoms with Gasteiger partial charge in [-0.25, -0.2) is 9.97 Å². The van der Waals surface area contributed by atoms with E-state index in [1.54, 1.807) is 0 Å². The number of aldehydes is 1. The average molecular weight is 261 g/mol. The van der Waals surface area contributed by atoms with Crippen LogP contribution in [0.1, 0.15) is 15.5 Å². The number of aromatic nitrogens is 4. The maximum absolute atomic E-state index is 10.5. The molecule has 0 aromatic carbocycles. The van der Waals surface area contributed by atoms with E-state index in [1.807, 2.05) is 6.92 Å². The Morgan fingerprint density at radius 3 is 2.87 bits per heavy atom. The van der Waals surface area contributed by atoms with Crippen molar-refractivity contribution in [3.63, 3.8) is 0 Å². The topological polar surface area (TPSA) is 71.5 Å². The molecule has 2 heterocycles. The number of carbonyl (C=O) groups excluding carboxylic acids is 1. The summed E-state index contributed by atoms with van der Waals surface area (Å²) in [5, 5.41) is 7.45. The molecule has 2 rings (SSSR count). The second-order valence-electron chi connectivity index (χ2n) is 2.56. The van der Waals surface area contributed by atoms with Gasteiger partial charge in [-0.15, -0.1) is 16.4 Å². The van der Waals surface area contributed by atoms with E-state index >= 15 is 0 Å². The zero-order valence-electron chi connectivity index (χ0n) is 7.52. The van der Waals surface area contributed by atoms with Crippen LogP contribution in [0, 0.1) is 6.92 Å². The predicted molar refractivity (Wildman–Crippen MR) is 57.8 cm³/mol. The van der Waals surface area contributed by atoms with Crippen molar-refractivity contribution in [2.75, 3.05) is 0 Å². The first-order valence-corrected chi connectivity index (χ1v) is 5.88. The Hall–Kier alpha value is -0.920. The molecule has 78 valence electrons. The molecular weight excluding hydrogens is 256 g/mol. The van der Waals surface area contributed by atoms with E-state index in [-0.39, 0.29) is 5.15 Å². The first kappa shape index (κ1) is 10.6. The lowest BCUT2D eigenvalue weighted by Crippen LogP contribution is -1.74. The highest BCUT2D eigenvalue weighted by Crippen LogP contribution is 2.32. The minimum atomic E-state index is 0.227. The fourth-order valence-electron chi connectivity index (χ4n) is 0.856. The van der Waals surface area contributed by atoms with Crippen molar-refractivity contribution in [1.82, 2.24) is 20.2 Å². The van der Waals surface area contributed by atoms with Crippen molar-refractivity contribution in [2.45, 2.75) is 16.4 Å². The molecule has 0 aliphatic carbocycles. The summed E-state index contributed by atoms with van der Waals surface area (Å²) in [6.07, 6.45) is 0.688. The normalized spacial score (nSPS) is 10.5. The highest BCUT2D eigenvalue weighted by atomic mass is 35.5. The number of aryl methyl sites for hydroxylation is 1. The molecule has 0 aliphatic heterocycles. The van der Waals surface area contributed by atoms with Gasteiger partial charge in [0.2, 0.25) is 5.16 Å². The number of hydrogen-bond donors (Lipinski definition) is 1. The van der Waals surface area contributed by atoms with Gasteiger partial charge in [-0.3, -0.25) is 9.89 Å². The van der Waals surface area contributed by atoms with Gasteiger partial charge in [0.25, 0.3) is 0 Å². The van der Waals surface area contributed by atoms with E-state index in [0.29, 0.717) is 20.7 Å². The third-order valence-electron chi connectivity index (χ3n) is 1.45. The summed E-state index contributed by atoms with van der Waals surface area (Å²) >= 11 is 8.21. The lowest BCUT2D eigenvalue weighted by molar-refractivity contribution is 0.112. The third-order valence-corrected chi connectivity index (χ3v) is 3.76. The Morgan fingerprint density at radius 1 is 1.53 bits per heavy atom. The van der Waals surface area contributed by atoms with Gasteiger partial charge >= 0.3 is 0 Å². The van der Waals surface area contributed by atoms with Crippen molar-refractivity contribution in [2.24, 2.45) is 0 Å². The zero-order valence-corrected chi connectivity index (χ0v) is 9.91. The van der Waals surface area contributed by atoms with E-state index in [1.165, 1.54) is 23.1 Å². The quantitative estimate of drug-likeness (QED) is 0.857. The number of hydrogen-bond acceptors (Lipinski definition) is 6. The number of halogens is 1. The molecule has 1 N–H and O–H groups in total. The van der Waals surface area contributed by atoms with Gasteiger partial charge in [-0.05, 0) is 18.7 Å². The van der Waals surface area contributed by atoms with Crippen molar-refractivity contribution < 1.29 is 4.79 Å². The Bertz CT molecular complexity index is 495. The summed E-state index contributed by atoms with van der Waals surface area (Å²) in [5.74, 6) is 0.732. The fourth-order valence-corrected chi connectivity index (χ4v) is 2.93. The Labute approximate surface area is 98.3 Å². The van der Waals surface area contributed by atoms with Crippen molar-refractivity contribution in [3.8, 4) is 0 Å². The maximum Gasteiger partial charge on any atom is 0.215 e. The van der Waals surface area contributed by atoms with Gasteiger partial charge in [-0.1, -0.05) is 11.6 Å². The van der Waals surface area contributed by atoms with E-state index in [2.05, 4.69) is 20.2 Å². The number of nitrogens with one attached hydrogen (secondary N) is 1. The summed E-state index contributed by atoms with van der Waals surface area (Å²) in [7, 11) is 0. The SMILES string of the molecule is Cc1nc(Sc2nc(Cl)c(C=O)s2)n[nH]1. The third kappa shape index (κ3) is 2.36. The highest BCUT2D eigenvalue weighted by Gasteiger charge is 2.11. The monoisotopic (exact) mass is 260 g/mol. The summed E-state index contributed by atoms with van der Waals surface area (Å²) in [6.45, 7) is 1.81. The second-order valence-corrected chi connectivity index (χ2v) is 5.16. The fraction of sp³-hybridized carbons (Fsp3) is 0.143. The van der Waals surface area contributed by atoms with Crippen LogP contribution in [0.4, 0.5) is 0 Å². The number of nitrogens with zero attached hydrogens (tertiary/aromatic N) is 3. The van der Waals surface area contributed by atoms with Crippen LogP contribution in [-0.2, 0) is 0 Å². The average Bonchev–Trinajstić information content (AvgIpc) is 2.73. The van der Waals surface area contributed by atoms with Crippen LogP contribution in [0.3, 0.4) is 0 Å². The van der Waals surface area contributed by atoms with Crippen LogP contribution >= 0.6 is 34.7 Å². The number of carbonyl (C=O) groups is 1. The molecule has 0 bridgehead atoms. The van der Waals surface area contributed by atoms with Crippen LogP contribution in [0.25, 0.3) is 0 Å². The second kappa shape index (κ2) is 4.30. The van der Waals surface area contributed by atoms with Crippen molar-refractivity contribution in [3.05, 3.63) is 15.9 Å². The standard InChI is InChI=1S/C7H5ClN4OS2/c1-3-9-6(12-11-3)15-7-10-5(8)4(2-13)14-7/h2H,1H3,(H,9,11,12). The van der Waals surface area contributed by atoms with Crippen LogP contribution in [0.5, 0.6) is 0 Å². The molecule has 0 atom stereocenters. The maximum atomic E-state index is 10.5. The van der Waals surface area contributed by atoms with E-state index in [0.717, 1.165) is 5.82 Å². The summed E-state index contributed by atoms with van der Waals surface area (Å²) < 4.78 is 0.654. The van der Waals surface area contributed by atoms with E-state index in [9.17, 15) is 4.79 Å². The summed E-state index contributed by atoms with van der Waals surface area (Å²) in [4.78, 5) is 19.1. The molecule has 0 unspecified atom stereocenters. The molecule has 2 aromatic rings. The zero-order chi connectivity index (χ0) is 10.8. The summed E-state index contributed by atoms with van der Waals surface area (Å²) in [5.41, 5.74) is 0. The van der Waals surface area contributed by atoms with Crippen molar-refractivity contribution in [1.29, 1.82) is 0 Å². The number of thiazole rings is 1. The van der Waals surface area contributed by atoms with Crippen LogP contribution in [0.15, 0.2) is 9.50 Å². The smallest absolute Gasteiger partial charge is 0.215 e. The van der Waals surface area contributed by atoms with Gasteiger partial charge in [0.1, 0.15) is 10.7 Å². The molecule has 0 amide bonds. The molecule has 0 saturated carbocycles. The molecule has 0 spiro atoms. The number of rotatable bonds is 3. The van der Waals surface area contributed by atoms with Gasteiger partial charge < -0.3 is 0 Å². The Kier molecular flexibility index (Phi) is 3.03. The molecule has 0 fully saturated rings. The van der Waals surface area contributed by atoms with Crippen LogP contribution in [0.2, 0.25) is 5.15 Å². The van der Waals surface area contributed by atoms with Gasteiger partial charge in [-0.2, -0.15) is 0 Å². The number of H-pyrrole nitrogens is 1. The Balaban J connectivity index is 2.20. The molecule has 0 aliphatic rings. The highest BCUT2D eigenvalue weighted by molar-refractivity contribution is 8.00. The molecular formula is C7H5ClN4OS2. The largest absolute Gasteiger partial charge is 0.297 e. The van der Waals surface area contributed by atoms with Gasteiger partial charge in [0.05, 0.1) is 0 Å². The van der Waals surface area contributed by atoms with Gasteiger partial charge in [0, 0.05) is 0 Å². The lowest BCUT2D eigenvalue weighted by Gasteiger charge is -1.86. The lowest BCUT2D eigenvalue weighted by atomic mass is 10.6. The Morgan fingerprint density at radius 2 is 2.33 bits per heavy atom. The molecule has 5 nitrogen and oxygen atoms in total. The first-order valence-electron chi connectivity index (χ1n) is 3.87. The van der Waals surface area contributed by atoms with E-state index < -0.39 is 0 Å². The van der Waals surface area contributed by atoms with Crippen LogP contribution < -0.4 is 0 Å².